The van der Waals surface area contributed by atoms with Gasteiger partial charge in [0.15, 0.2) is 0 Å². The molecule has 3 rings (SSSR count). The number of halogens is 1. The number of anilines is 1. The van der Waals surface area contributed by atoms with Gasteiger partial charge < -0.3 is 14.8 Å². The van der Waals surface area contributed by atoms with E-state index < -0.39 is 10.0 Å². The van der Waals surface area contributed by atoms with Gasteiger partial charge in [-0.25, -0.2) is 8.42 Å². The second-order valence-electron chi connectivity index (χ2n) is 6.40. The second-order valence-corrected chi connectivity index (χ2v) is 8.49. The number of fused-ring (bicyclic) bond motifs is 1. The third-order valence-corrected chi connectivity index (χ3v) is 6.55. The number of likely N-dealkylation sites (N-methyl/N-ethyl adjacent to an activating group) is 1. The average Bonchev–Trinajstić information content (AvgIpc) is 2.66. The second kappa shape index (κ2) is 7.96. The van der Waals surface area contributed by atoms with Crippen LogP contribution in [0.1, 0.15) is 17.5 Å². The number of ether oxygens (including phenoxy) is 2. The minimum atomic E-state index is -3.82. The Morgan fingerprint density at radius 1 is 1.07 bits per heavy atom. The summed E-state index contributed by atoms with van der Waals surface area (Å²) in [6.07, 6.45) is 2.24. The van der Waals surface area contributed by atoms with Crippen molar-refractivity contribution in [2.75, 3.05) is 26.0 Å². The van der Waals surface area contributed by atoms with E-state index in [1.165, 1.54) is 13.2 Å². The van der Waals surface area contributed by atoms with Crippen LogP contribution in [0.2, 0.25) is 5.02 Å². The Hall–Kier alpha value is -1.96. The highest BCUT2D eigenvalue weighted by Gasteiger charge is 2.28. The molecule has 0 saturated heterocycles. The van der Waals surface area contributed by atoms with Crippen molar-refractivity contribution >= 4 is 27.3 Å². The van der Waals surface area contributed by atoms with Crippen LogP contribution in [0.15, 0.2) is 35.2 Å². The van der Waals surface area contributed by atoms with Gasteiger partial charge in [-0.15, -0.1) is 0 Å². The molecular weight excluding hydrogens is 388 g/mol. The monoisotopic (exact) mass is 410 g/mol. The lowest BCUT2D eigenvalue weighted by Gasteiger charge is -2.27. The molecule has 0 saturated carbocycles. The van der Waals surface area contributed by atoms with E-state index in [0.717, 1.165) is 24.0 Å². The Kier molecular flexibility index (Phi) is 5.83. The van der Waals surface area contributed by atoms with Gasteiger partial charge in [-0.2, -0.15) is 0 Å². The number of sulfonamides is 1. The third kappa shape index (κ3) is 4.00. The molecule has 2 aromatic rings. The van der Waals surface area contributed by atoms with Gasteiger partial charge in [-0.1, -0.05) is 11.6 Å². The van der Waals surface area contributed by atoms with Crippen LogP contribution < -0.4 is 19.5 Å². The molecule has 0 fully saturated rings. The standard InChI is InChI=1S/C19H23ClN2O4S/c1-21-13-5-6-14-15(11-13)17(25-2)8-9-19(14)27(23,24)22-16-10-12(20)4-7-18(16)26-3/h4,7-10,13,21-22H,5-6,11H2,1-3H3/t13-/m0/s1. The summed E-state index contributed by atoms with van der Waals surface area (Å²) >= 11 is 6.02. The normalized spacial score (nSPS) is 16.5. The summed E-state index contributed by atoms with van der Waals surface area (Å²) < 4.78 is 39.6. The minimum Gasteiger partial charge on any atom is -0.496 e. The van der Waals surface area contributed by atoms with Gasteiger partial charge in [0, 0.05) is 16.6 Å². The van der Waals surface area contributed by atoms with Crippen molar-refractivity contribution in [3.8, 4) is 11.5 Å². The van der Waals surface area contributed by atoms with Gasteiger partial charge in [0.05, 0.1) is 24.8 Å². The molecular formula is C19H23ClN2O4S. The smallest absolute Gasteiger partial charge is 0.262 e. The zero-order chi connectivity index (χ0) is 19.6. The topological polar surface area (TPSA) is 76.7 Å². The van der Waals surface area contributed by atoms with E-state index in [4.69, 9.17) is 21.1 Å². The lowest BCUT2D eigenvalue weighted by atomic mass is 9.87. The highest BCUT2D eigenvalue weighted by Crippen LogP contribution is 2.36. The first-order chi connectivity index (χ1) is 12.9. The van der Waals surface area contributed by atoms with Crippen LogP contribution in [0.25, 0.3) is 0 Å². The number of benzene rings is 2. The van der Waals surface area contributed by atoms with E-state index in [2.05, 4.69) is 10.0 Å². The summed E-state index contributed by atoms with van der Waals surface area (Å²) in [5.74, 6) is 1.12. The van der Waals surface area contributed by atoms with Gasteiger partial charge >= 0.3 is 0 Å². The fraction of sp³-hybridized carbons (Fsp3) is 0.368. The van der Waals surface area contributed by atoms with E-state index in [1.807, 2.05) is 7.05 Å². The summed E-state index contributed by atoms with van der Waals surface area (Å²) in [6, 6.07) is 8.40. The quantitative estimate of drug-likeness (QED) is 0.764. The predicted molar refractivity (Wildman–Crippen MR) is 107 cm³/mol. The van der Waals surface area contributed by atoms with Crippen molar-refractivity contribution in [2.45, 2.75) is 30.2 Å². The van der Waals surface area contributed by atoms with Crippen LogP contribution in [0.3, 0.4) is 0 Å². The maximum absolute atomic E-state index is 13.1. The molecule has 0 aliphatic heterocycles. The summed E-state index contributed by atoms with van der Waals surface area (Å²) in [7, 11) is 1.17. The van der Waals surface area contributed by atoms with E-state index >= 15 is 0 Å². The van der Waals surface area contributed by atoms with Crippen molar-refractivity contribution in [3.63, 3.8) is 0 Å². The van der Waals surface area contributed by atoms with E-state index in [1.54, 1.807) is 31.4 Å². The predicted octanol–water partition coefficient (Wildman–Crippen LogP) is 3.23. The molecule has 0 spiro atoms. The molecule has 0 heterocycles. The molecule has 1 aliphatic rings. The largest absolute Gasteiger partial charge is 0.496 e. The van der Waals surface area contributed by atoms with Gasteiger partial charge in [0.2, 0.25) is 0 Å². The molecule has 0 aromatic heterocycles. The van der Waals surface area contributed by atoms with Crippen molar-refractivity contribution in [1.29, 1.82) is 0 Å². The fourth-order valence-corrected chi connectivity index (χ4v) is 4.99. The molecule has 8 heteroatoms. The number of nitrogens with one attached hydrogen (secondary N) is 2. The highest BCUT2D eigenvalue weighted by molar-refractivity contribution is 7.92. The van der Waals surface area contributed by atoms with Crippen molar-refractivity contribution in [1.82, 2.24) is 5.32 Å². The fourth-order valence-electron chi connectivity index (χ4n) is 3.46. The Bertz CT molecular complexity index is 947. The summed E-state index contributed by atoms with van der Waals surface area (Å²) in [5, 5.41) is 3.68. The Balaban J connectivity index is 2.04. The van der Waals surface area contributed by atoms with Crippen LogP contribution in [-0.4, -0.2) is 35.7 Å². The molecule has 0 unspecified atom stereocenters. The van der Waals surface area contributed by atoms with Gasteiger partial charge in [0.25, 0.3) is 10.0 Å². The molecule has 6 nitrogen and oxygen atoms in total. The number of methoxy groups -OCH3 is 2. The SMILES string of the molecule is CN[C@H]1CCc2c(S(=O)(=O)Nc3cc(Cl)ccc3OC)ccc(OC)c2C1. The van der Waals surface area contributed by atoms with Gasteiger partial charge in [-0.05, 0) is 62.2 Å². The van der Waals surface area contributed by atoms with Gasteiger partial charge in [0.1, 0.15) is 11.5 Å². The minimum absolute atomic E-state index is 0.259. The first kappa shape index (κ1) is 19.8. The lowest BCUT2D eigenvalue weighted by molar-refractivity contribution is 0.397. The van der Waals surface area contributed by atoms with Crippen molar-refractivity contribution in [3.05, 3.63) is 46.5 Å². The molecule has 2 N–H and O–H groups in total. The maximum atomic E-state index is 13.1. The zero-order valence-electron chi connectivity index (χ0n) is 15.5. The summed E-state index contributed by atoms with van der Waals surface area (Å²) in [5.41, 5.74) is 2.04. The summed E-state index contributed by atoms with van der Waals surface area (Å²) in [4.78, 5) is 0.259. The lowest BCUT2D eigenvalue weighted by Crippen LogP contribution is -2.32. The molecule has 0 bridgehead atoms. The van der Waals surface area contributed by atoms with Crippen LogP contribution in [0.4, 0.5) is 5.69 Å². The maximum Gasteiger partial charge on any atom is 0.262 e. The zero-order valence-corrected chi connectivity index (χ0v) is 17.1. The van der Waals surface area contributed by atoms with Crippen molar-refractivity contribution in [2.24, 2.45) is 0 Å². The Morgan fingerprint density at radius 3 is 2.44 bits per heavy atom. The molecule has 2 aromatic carbocycles. The van der Waals surface area contributed by atoms with E-state index in [0.29, 0.717) is 34.7 Å². The molecule has 146 valence electrons. The first-order valence-corrected chi connectivity index (χ1v) is 10.5. The van der Waals surface area contributed by atoms with Crippen LogP contribution in [0.5, 0.6) is 11.5 Å². The summed E-state index contributed by atoms with van der Waals surface area (Å²) in [6.45, 7) is 0. The molecule has 1 aliphatic carbocycles. The molecule has 0 amide bonds. The molecule has 0 radical (unpaired) electrons. The van der Waals surface area contributed by atoms with Crippen LogP contribution >= 0.6 is 11.6 Å². The average molecular weight is 411 g/mol. The van der Waals surface area contributed by atoms with E-state index in [9.17, 15) is 8.42 Å². The molecule has 27 heavy (non-hydrogen) atoms. The number of hydrogen-bond acceptors (Lipinski definition) is 5. The first-order valence-electron chi connectivity index (χ1n) is 8.62. The molecule has 1 atom stereocenters. The Labute approximate surface area is 164 Å². The Morgan fingerprint density at radius 2 is 1.78 bits per heavy atom. The van der Waals surface area contributed by atoms with Crippen LogP contribution in [0, 0.1) is 0 Å². The van der Waals surface area contributed by atoms with E-state index in [-0.39, 0.29) is 4.90 Å². The number of hydrogen-bond donors (Lipinski definition) is 2. The highest BCUT2D eigenvalue weighted by atomic mass is 35.5. The van der Waals surface area contributed by atoms with Crippen molar-refractivity contribution < 1.29 is 17.9 Å². The third-order valence-electron chi connectivity index (χ3n) is 4.86. The van der Waals surface area contributed by atoms with Crippen LogP contribution in [-0.2, 0) is 22.9 Å². The number of rotatable bonds is 6. The van der Waals surface area contributed by atoms with Gasteiger partial charge in [-0.3, -0.25) is 4.72 Å².